The van der Waals surface area contributed by atoms with E-state index in [1.54, 1.807) is 24.0 Å². The molecule has 0 unspecified atom stereocenters. The van der Waals surface area contributed by atoms with Gasteiger partial charge < -0.3 is 5.73 Å². The number of pyridine rings is 1. The van der Waals surface area contributed by atoms with Crippen molar-refractivity contribution < 1.29 is 0 Å². The fraction of sp³-hybridized carbons (Fsp3) is 0.182. The molecule has 0 radical (unpaired) electrons. The third-order valence-electron chi connectivity index (χ3n) is 1.94. The summed E-state index contributed by atoms with van der Waals surface area (Å²) in [5.74, 6) is 1.32. The maximum Gasteiger partial charge on any atom is 0.190 e. The zero-order chi connectivity index (χ0) is 11.4. The van der Waals surface area contributed by atoms with Gasteiger partial charge in [-0.25, -0.2) is 9.97 Å². The van der Waals surface area contributed by atoms with Crippen molar-refractivity contribution in [3.05, 3.63) is 41.9 Å². The van der Waals surface area contributed by atoms with Crippen molar-refractivity contribution in [3.63, 3.8) is 0 Å². The van der Waals surface area contributed by atoms with Gasteiger partial charge in [0.15, 0.2) is 5.16 Å². The fourth-order valence-corrected chi connectivity index (χ4v) is 2.11. The van der Waals surface area contributed by atoms with Crippen LogP contribution in [0.3, 0.4) is 0 Å². The summed E-state index contributed by atoms with van der Waals surface area (Å²) in [5.41, 5.74) is 7.69. The molecule has 2 N–H and O–H groups in total. The van der Waals surface area contributed by atoms with Crippen LogP contribution in [0.15, 0.2) is 35.7 Å². The second-order valence-electron chi connectivity index (χ2n) is 3.37. The molecule has 2 aromatic rings. The molecule has 0 aliphatic heterocycles. The number of nitrogens with two attached hydrogens (primary N) is 1. The molecule has 82 valence electrons. The number of aryl methyl sites for hydroxylation is 1. The third-order valence-corrected chi connectivity index (χ3v) is 2.86. The fourth-order valence-electron chi connectivity index (χ4n) is 1.26. The lowest BCUT2D eigenvalue weighted by molar-refractivity contribution is 0.940. The number of nitrogen functional groups attached to an aromatic ring is 1. The Kier molecular flexibility index (Phi) is 3.36. The molecule has 2 heterocycles. The zero-order valence-electron chi connectivity index (χ0n) is 8.92. The molecule has 0 saturated heterocycles. The standard InChI is InChI=1S/C11H12N4S/c1-8-5-10(12)15-11(14-8)16-7-9-3-2-4-13-6-9/h2-6H,7H2,1H3,(H2,12,14,15). The van der Waals surface area contributed by atoms with Gasteiger partial charge >= 0.3 is 0 Å². The molecular formula is C11H12N4S. The van der Waals surface area contributed by atoms with Gasteiger partial charge in [-0.2, -0.15) is 0 Å². The lowest BCUT2D eigenvalue weighted by atomic mass is 10.3. The highest BCUT2D eigenvalue weighted by atomic mass is 32.2. The van der Waals surface area contributed by atoms with E-state index < -0.39 is 0 Å². The summed E-state index contributed by atoms with van der Waals surface area (Å²) in [5, 5.41) is 0.710. The minimum atomic E-state index is 0.515. The van der Waals surface area contributed by atoms with Gasteiger partial charge in [-0.15, -0.1) is 0 Å². The second kappa shape index (κ2) is 4.94. The van der Waals surface area contributed by atoms with Crippen molar-refractivity contribution in [2.45, 2.75) is 17.8 Å². The summed E-state index contributed by atoms with van der Waals surface area (Å²) in [6.07, 6.45) is 3.60. The smallest absolute Gasteiger partial charge is 0.190 e. The lowest BCUT2D eigenvalue weighted by Crippen LogP contribution is -1.96. The number of hydrogen-bond donors (Lipinski definition) is 1. The van der Waals surface area contributed by atoms with E-state index in [9.17, 15) is 0 Å². The molecule has 0 atom stereocenters. The van der Waals surface area contributed by atoms with Gasteiger partial charge in [-0.3, -0.25) is 4.98 Å². The summed E-state index contributed by atoms with van der Waals surface area (Å²) < 4.78 is 0. The van der Waals surface area contributed by atoms with Crippen LogP contribution in [-0.4, -0.2) is 15.0 Å². The van der Waals surface area contributed by atoms with Crippen molar-refractivity contribution in [2.24, 2.45) is 0 Å². The van der Waals surface area contributed by atoms with Crippen LogP contribution in [0.5, 0.6) is 0 Å². The van der Waals surface area contributed by atoms with Crippen LogP contribution >= 0.6 is 11.8 Å². The Morgan fingerprint density at radius 2 is 2.25 bits per heavy atom. The molecule has 16 heavy (non-hydrogen) atoms. The van der Waals surface area contributed by atoms with Crippen molar-refractivity contribution in [2.75, 3.05) is 5.73 Å². The van der Waals surface area contributed by atoms with E-state index in [2.05, 4.69) is 15.0 Å². The van der Waals surface area contributed by atoms with Crippen LogP contribution < -0.4 is 5.73 Å². The third kappa shape index (κ3) is 2.93. The molecule has 2 rings (SSSR count). The molecule has 0 aliphatic rings. The van der Waals surface area contributed by atoms with Crippen molar-refractivity contribution in [1.82, 2.24) is 15.0 Å². The van der Waals surface area contributed by atoms with Gasteiger partial charge in [0.1, 0.15) is 5.82 Å². The number of nitrogens with zero attached hydrogens (tertiary/aromatic N) is 3. The maximum atomic E-state index is 5.65. The average molecular weight is 232 g/mol. The summed E-state index contributed by atoms with van der Waals surface area (Å²) in [6.45, 7) is 1.91. The van der Waals surface area contributed by atoms with Crippen LogP contribution in [0.25, 0.3) is 0 Å². The first kappa shape index (κ1) is 10.9. The van der Waals surface area contributed by atoms with Gasteiger partial charge in [0.05, 0.1) is 0 Å². The summed E-state index contributed by atoms with van der Waals surface area (Å²) in [4.78, 5) is 12.5. The Morgan fingerprint density at radius 3 is 2.94 bits per heavy atom. The second-order valence-corrected chi connectivity index (χ2v) is 4.31. The first-order valence-electron chi connectivity index (χ1n) is 4.87. The van der Waals surface area contributed by atoms with Gasteiger partial charge in [0.25, 0.3) is 0 Å². The monoisotopic (exact) mass is 232 g/mol. The Bertz CT molecular complexity index is 452. The minimum absolute atomic E-state index is 0.515. The Balaban J connectivity index is 2.05. The van der Waals surface area contributed by atoms with Gasteiger partial charge in [0, 0.05) is 29.9 Å². The lowest BCUT2D eigenvalue weighted by Gasteiger charge is -2.02. The van der Waals surface area contributed by atoms with E-state index in [1.165, 1.54) is 0 Å². The average Bonchev–Trinajstić information content (AvgIpc) is 2.27. The molecule has 5 heteroatoms. The quantitative estimate of drug-likeness (QED) is 0.648. The van der Waals surface area contributed by atoms with E-state index in [0.29, 0.717) is 11.0 Å². The number of thioether (sulfide) groups is 1. The SMILES string of the molecule is Cc1cc(N)nc(SCc2cccnc2)n1. The highest BCUT2D eigenvalue weighted by Gasteiger charge is 2.01. The van der Waals surface area contributed by atoms with Crippen molar-refractivity contribution in [3.8, 4) is 0 Å². The Morgan fingerprint density at radius 1 is 1.38 bits per heavy atom. The number of anilines is 1. The van der Waals surface area contributed by atoms with E-state index >= 15 is 0 Å². The molecule has 4 nitrogen and oxygen atoms in total. The molecule has 0 aliphatic carbocycles. The van der Waals surface area contributed by atoms with E-state index in [1.807, 2.05) is 25.3 Å². The van der Waals surface area contributed by atoms with Crippen molar-refractivity contribution >= 4 is 17.6 Å². The van der Waals surface area contributed by atoms with Crippen LogP contribution in [0.2, 0.25) is 0 Å². The highest BCUT2D eigenvalue weighted by molar-refractivity contribution is 7.98. The largest absolute Gasteiger partial charge is 0.384 e. The first-order valence-corrected chi connectivity index (χ1v) is 5.85. The topological polar surface area (TPSA) is 64.7 Å². The van der Waals surface area contributed by atoms with E-state index in [-0.39, 0.29) is 0 Å². The van der Waals surface area contributed by atoms with Gasteiger partial charge in [-0.05, 0) is 18.6 Å². The normalized spacial score (nSPS) is 10.3. The molecule has 0 bridgehead atoms. The van der Waals surface area contributed by atoms with Crippen LogP contribution in [-0.2, 0) is 5.75 Å². The van der Waals surface area contributed by atoms with Gasteiger partial charge in [0.2, 0.25) is 0 Å². The molecule has 0 amide bonds. The molecule has 0 spiro atoms. The Labute approximate surface area is 98.3 Å². The highest BCUT2D eigenvalue weighted by Crippen LogP contribution is 2.19. The number of rotatable bonds is 3. The van der Waals surface area contributed by atoms with Crippen molar-refractivity contribution in [1.29, 1.82) is 0 Å². The summed E-state index contributed by atoms with van der Waals surface area (Å²) >= 11 is 1.56. The predicted octanol–water partition coefficient (Wildman–Crippen LogP) is 2.05. The molecule has 0 saturated carbocycles. The predicted molar refractivity (Wildman–Crippen MR) is 65.0 cm³/mol. The first-order chi connectivity index (χ1) is 7.74. The summed E-state index contributed by atoms with van der Waals surface area (Å²) in [6, 6.07) is 5.70. The van der Waals surface area contributed by atoms with Gasteiger partial charge in [-0.1, -0.05) is 17.8 Å². The molecular weight excluding hydrogens is 220 g/mol. The molecule has 0 aromatic carbocycles. The molecule has 0 fully saturated rings. The summed E-state index contributed by atoms with van der Waals surface area (Å²) in [7, 11) is 0. The number of hydrogen-bond acceptors (Lipinski definition) is 5. The zero-order valence-corrected chi connectivity index (χ0v) is 9.74. The van der Waals surface area contributed by atoms with Crippen LogP contribution in [0.1, 0.15) is 11.3 Å². The van der Waals surface area contributed by atoms with Crippen LogP contribution in [0, 0.1) is 6.92 Å². The van der Waals surface area contributed by atoms with E-state index in [0.717, 1.165) is 17.0 Å². The maximum absolute atomic E-state index is 5.65. The minimum Gasteiger partial charge on any atom is -0.384 e. The Hall–Kier alpha value is -1.62. The van der Waals surface area contributed by atoms with E-state index in [4.69, 9.17) is 5.73 Å². The van der Waals surface area contributed by atoms with Crippen LogP contribution in [0.4, 0.5) is 5.82 Å². The molecule has 2 aromatic heterocycles. The number of aromatic nitrogens is 3.